The van der Waals surface area contributed by atoms with Gasteiger partial charge in [0.15, 0.2) is 5.69 Å². The van der Waals surface area contributed by atoms with Gasteiger partial charge in [0.2, 0.25) is 0 Å². The molecule has 5 heteroatoms. The molecule has 5 nitrogen and oxygen atoms in total. The van der Waals surface area contributed by atoms with Gasteiger partial charge in [0.05, 0.1) is 11.1 Å². The molecule has 1 amide bonds. The second-order valence-corrected chi connectivity index (χ2v) is 6.98. The van der Waals surface area contributed by atoms with Crippen LogP contribution in [0.3, 0.4) is 0 Å². The molecule has 0 bridgehead atoms. The van der Waals surface area contributed by atoms with E-state index in [1.54, 1.807) is 6.07 Å². The first kappa shape index (κ1) is 17.5. The van der Waals surface area contributed by atoms with E-state index in [0.717, 1.165) is 25.7 Å². The Hall–Kier alpha value is -2.95. The van der Waals surface area contributed by atoms with Crippen molar-refractivity contribution in [3.8, 4) is 5.69 Å². The monoisotopic (exact) mass is 361 g/mol. The lowest BCUT2D eigenvalue weighted by Gasteiger charge is -2.27. The van der Waals surface area contributed by atoms with E-state index < -0.39 is 0 Å². The maximum absolute atomic E-state index is 13.4. The Labute approximate surface area is 158 Å². The number of carbonyl (C=O) groups is 1. The number of aromatic nitrogens is 2. The Morgan fingerprint density at radius 3 is 2.33 bits per heavy atom. The Bertz CT molecular complexity index is 1020. The van der Waals surface area contributed by atoms with Crippen LogP contribution in [-0.2, 0) is 0 Å². The highest BCUT2D eigenvalue weighted by atomic mass is 16.2. The second kappa shape index (κ2) is 7.35. The average molecular weight is 361 g/mol. The summed E-state index contributed by atoms with van der Waals surface area (Å²) < 4.78 is 1.35. The summed E-state index contributed by atoms with van der Waals surface area (Å²) in [5.41, 5.74) is 0.797. The summed E-state index contributed by atoms with van der Waals surface area (Å²) in [5.74, 6) is -0.0923. The lowest BCUT2D eigenvalue weighted by atomic mass is 10.1. The summed E-state index contributed by atoms with van der Waals surface area (Å²) >= 11 is 0. The lowest BCUT2D eigenvalue weighted by molar-refractivity contribution is 0.0688. The van der Waals surface area contributed by atoms with Gasteiger partial charge in [-0.25, -0.2) is 0 Å². The molecule has 0 spiro atoms. The normalized spacial score (nSPS) is 14.6. The molecular weight excluding hydrogens is 338 g/mol. The quantitative estimate of drug-likeness (QED) is 0.710. The predicted molar refractivity (Wildman–Crippen MR) is 106 cm³/mol. The minimum absolute atomic E-state index is 0.0923. The van der Waals surface area contributed by atoms with Crippen LogP contribution in [0.15, 0.2) is 59.4 Å². The third-order valence-electron chi connectivity index (χ3n) is 5.38. The molecule has 27 heavy (non-hydrogen) atoms. The maximum atomic E-state index is 13.4. The minimum Gasteiger partial charge on any atom is -0.335 e. The van der Waals surface area contributed by atoms with Gasteiger partial charge in [-0.05, 0) is 38.0 Å². The van der Waals surface area contributed by atoms with Gasteiger partial charge in [0.1, 0.15) is 0 Å². The third kappa shape index (κ3) is 3.14. The van der Waals surface area contributed by atoms with Gasteiger partial charge in [0, 0.05) is 18.0 Å². The number of fused-ring (bicyclic) bond motifs is 1. The fraction of sp³-hybridized carbons (Fsp3) is 0.318. The molecular formula is C22H23N3O2. The molecule has 138 valence electrons. The van der Waals surface area contributed by atoms with Gasteiger partial charge in [0.25, 0.3) is 11.5 Å². The van der Waals surface area contributed by atoms with Crippen LogP contribution < -0.4 is 5.56 Å². The first-order chi connectivity index (χ1) is 13.2. The van der Waals surface area contributed by atoms with Gasteiger partial charge in [-0.3, -0.25) is 9.59 Å². The molecule has 1 fully saturated rings. The van der Waals surface area contributed by atoms with Crippen LogP contribution in [0.25, 0.3) is 16.5 Å². The van der Waals surface area contributed by atoms with E-state index in [4.69, 9.17) is 0 Å². The highest BCUT2D eigenvalue weighted by Crippen LogP contribution is 2.26. The summed E-state index contributed by atoms with van der Waals surface area (Å²) in [6.07, 6.45) is 4.39. The average Bonchev–Trinajstić information content (AvgIpc) is 3.24. The summed E-state index contributed by atoms with van der Waals surface area (Å²) in [6, 6.07) is 16.8. The van der Waals surface area contributed by atoms with Crippen molar-refractivity contribution in [1.82, 2.24) is 14.7 Å². The number of hydrogen-bond acceptors (Lipinski definition) is 3. The Morgan fingerprint density at radius 2 is 1.67 bits per heavy atom. The number of hydrogen-bond donors (Lipinski definition) is 0. The van der Waals surface area contributed by atoms with Crippen molar-refractivity contribution in [3.63, 3.8) is 0 Å². The van der Waals surface area contributed by atoms with Crippen molar-refractivity contribution in [1.29, 1.82) is 0 Å². The summed E-state index contributed by atoms with van der Waals surface area (Å²) in [7, 11) is 0. The summed E-state index contributed by atoms with van der Waals surface area (Å²) in [4.78, 5) is 28.3. The van der Waals surface area contributed by atoms with E-state index in [1.165, 1.54) is 4.68 Å². The zero-order chi connectivity index (χ0) is 18.8. The number of nitrogens with zero attached hydrogens (tertiary/aromatic N) is 3. The van der Waals surface area contributed by atoms with Crippen molar-refractivity contribution in [2.75, 3.05) is 6.54 Å². The van der Waals surface area contributed by atoms with E-state index in [-0.39, 0.29) is 17.5 Å². The zero-order valence-electron chi connectivity index (χ0n) is 15.5. The Kier molecular flexibility index (Phi) is 4.75. The molecule has 0 saturated heterocycles. The van der Waals surface area contributed by atoms with Crippen LogP contribution in [0, 0.1) is 0 Å². The molecule has 1 aromatic heterocycles. The first-order valence-corrected chi connectivity index (χ1v) is 9.59. The third-order valence-corrected chi connectivity index (χ3v) is 5.38. The molecule has 3 aromatic rings. The van der Waals surface area contributed by atoms with Crippen LogP contribution >= 0.6 is 0 Å². The van der Waals surface area contributed by atoms with E-state index in [0.29, 0.717) is 28.7 Å². The van der Waals surface area contributed by atoms with Gasteiger partial charge >= 0.3 is 0 Å². The molecule has 0 aliphatic heterocycles. The van der Waals surface area contributed by atoms with Crippen LogP contribution in [-0.4, -0.2) is 33.2 Å². The number of carbonyl (C=O) groups excluding carboxylic acids is 1. The largest absolute Gasteiger partial charge is 0.335 e. The molecule has 1 heterocycles. The van der Waals surface area contributed by atoms with E-state index >= 15 is 0 Å². The van der Waals surface area contributed by atoms with Crippen molar-refractivity contribution in [3.05, 3.63) is 70.6 Å². The minimum atomic E-state index is -0.211. The van der Waals surface area contributed by atoms with Gasteiger partial charge in [-0.15, -0.1) is 0 Å². The Balaban J connectivity index is 1.90. The second-order valence-electron chi connectivity index (χ2n) is 6.98. The molecule has 2 aromatic carbocycles. The van der Waals surface area contributed by atoms with Crippen LogP contribution in [0.1, 0.15) is 43.1 Å². The highest BCUT2D eigenvalue weighted by molar-refractivity contribution is 6.05. The molecule has 0 N–H and O–H groups in total. The Morgan fingerprint density at radius 1 is 1.04 bits per heavy atom. The molecule has 0 atom stereocenters. The molecule has 1 aliphatic carbocycles. The fourth-order valence-electron chi connectivity index (χ4n) is 4.01. The highest BCUT2D eigenvalue weighted by Gasteiger charge is 2.29. The number of para-hydroxylation sites is 1. The fourth-order valence-corrected chi connectivity index (χ4v) is 4.01. The van der Waals surface area contributed by atoms with Crippen LogP contribution in [0.5, 0.6) is 0 Å². The predicted octanol–water partition coefficient (Wildman–Crippen LogP) is 3.79. The molecule has 1 aliphatic rings. The van der Waals surface area contributed by atoms with Crippen LogP contribution in [0.2, 0.25) is 0 Å². The lowest BCUT2D eigenvalue weighted by Crippen LogP contribution is -2.40. The summed E-state index contributed by atoms with van der Waals surface area (Å²) in [5, 5.41) is 5.66. The smallest absolute Gasteiger partial charge is 0.279 e. The van der Waals surface area contributed by atoms with Crippen molar-refractivity contribution in [2.24, 2.45) is 0 Å². The molecule has 1 saturated carbocycles. The van der Waals surface area contributed by atoms with E-state index in [9.17, 15) is 9.59 Å². The molecule has 4 rings (SSSR count). The topological polar surface area (TPSA) is 55.2 Å². The number of rotatable bonds is 4. The maximum Gasteiger partial charge on any atom is 0.279 e. The SMILES string of the molecule is CCN(C(=O)c1nn(-c2ccccc2)c(=O)c2ccccc12)C1CCCC1. The standard InChI is InChI=1S/C22H23N3O2/c1-2-24(16-10-6-7-11-16)22(27)20-18-14-8-9-15-19(18)21(26)25(23-20)17-12-4-3-5-13-17/h3-5,8-9,12-16H,2,6-7,10-11H2,1H3. The number of benzene rings is 2. The van der Waals surface area contributed by atoms with E-state index in [2.05, 4.69) is 5.10 Å². The van der Waals surface area contributed by atoms with Crippen LogP contribution in [0.4, 0.5) is 0 Å². The first-order valence-electron chi connectivity index (χ1n) is 9.59. The number of amides is 1. The van der Waals surface area contributed by atoms with Gasteiger partial charge in [-0.1, -0.05) is 49.2 Å². The van der Waals surface area contributed by atoms with Gasteiger partial charge in [-0.2, -0.15) is 9.78 Å². The molecule has 0 unspecified atom stereocenters. The molecule has 0 radical (unpaired) electrons. The summed E-state index contributed by atoms with van der Waals surface area (Å²) in [6.45, 7) is 2.65. The zero-order valence-corrected chi connectivity index (χ0v) is 15.5. The van der Waals surface area contributed by atoms with E-state index in [1.807, 2.05) is 60.4 Å². The van der Waals surface area contributed by atoms with Gasteiger partial charge < -0.3 is 4.90 Å². The van der Waals surface area contributed by atoms with Crippen molar-refractivity contribution in [2.45, 2.75) is 38.6 Å². The van der Waals surface area contributed by atoms with Crippen molar-refractivity contribution >= 4 is 16.7 Å². The van der Waals surface area contributed by atoms with Crippen molar-refractivity contribution < 1.29 is 4.79 Å².